The van der Waals surface area contributed by atoms with Gasteiger partial charge in [0.2, 0.25) is 5.91 Å². The molecule has 0 aliphatic heterocycles. The Morgan fingerprint density at radius 2 is 1.91 bits per heavy atom. The summed E-state index contributed by atoms with van der Waals surface area (Å²) < 4.78 is 0. The smallest absolute Gasteiger partial charge is 0.226 e. The molecule has 0 saturated carbocycles. The molecular weight excluding hydrogens is 321 g/mol. The number of nitrogens with zero attached hydrogens (tertiary/aromatic N) is 1. The van der Waals surface area contributed by atoms with Crippen molar-refractivity contribution < 1.29 is 4.79 Å². The zero-order valence-corrected chi connectivity index (χ0v) is 13.1. The highest BCUT2D eigenvalue weighted by Crippen LogP contribution is 2.24. The van der Waals surface area contributed by atoms with E-state index in [2.05, 4.69) is 10.6 Å². The number of rotatable bonds is 5. The van der Waals surface area contributed by atoms with Crippen LogP contribution in [0.4, 0.5) is 11.4 Å². The Bertz CT molecular complexity index is 726. The van der Waals surface area contributed by atoms with E-state index in [0.717, 1.165) is 5.69 Å². The summed E-state index contributed by atoms with van der Waals surface area (Å²) in [5.74, 6) is -0.136. The average molecular weight is 334 g/mol. The Hall–Kier alpha value is -2.22. The second-order valence-corrected chi connectivity index (χ2v) is 5.36. The van der Waals surface area contributed by atoms with Crippen LogP contribution in [0.5, 0.6) is 0 Å². The van der Waals surface area contributed by atoms with Crippen molar-refractivity contribution in [3.05, 3.63) is 58.1 Å². The van der Waals surface area contributed by atoms with E-state index in [1.165, 1.54) is 0 Å². The third kappa shape index (κ3) is 4.66. The first kappa shape index (κ1) is 16.2. The van der Waals surface area contributed by atoms with Crippen LogP contribution in [0.25, 0.3) is 0 Å². The number of nitrogens with one attached hydrogen (secondary N) is 2. The number of benzene rings is 2. The molecule has 0 radical (unpaired) electrons. The number of hydrogen-bond donors (Lipinski definition) is 2. The molecule has 0 aromatic heterocycles. The lowest BCUT2D eigenvalue weighted by molar-refractivity contribution is -0.115. The Labute approximate surface area is 138 Å². The number of carbonyl (C=O) groups is 1. The van der Waals surface area contributed by atoms with Crippen LogP contribution >= 0.6 is 23.2 Å². The Morgan fingerprint density at radius 3 is 2.64 bits per heavy atom. The molecule has 0 atom stereocenters. The molecule has 2 aromatic rings. The van der Waals surface area contributed by atoms with E-state index in [1.807, 2.05) is 6.07 Å². The van der Waals surface area contributed by atoms with Crippen molar-refractivity contribution in [2.45, 2.75) is 6.42 Å². The van der Waals surface area contributed by atoms with Gasteiger partial charge in [0.15, 0.2) is 0 Å². The van der Waals surface area contributed by atoms with E-state index in [0.29, 0.717) is 27.8 Å². The van der Waals surface area contributed by atoms with E-state index in [9.17, 15) is 4.79 Å². The van der Waals surface area contributed by atoms with Crippen LogP contribution in [0.1, 0.15) is 12.0 Å². The Balaban J connectivity index is 1.82. The molecule has 0 aliphatic carbocycles. The fraction of sp³-hybridized carbons (Fsp3) is 0.125. The lowest BCUT2D eigenvalue weighted by Crippen LogP contribution is -2.16. The van der Waals surface area contributed by atoms with Gasteiger partial charge in [-0.3, -0.25) is 4.79 Å². The summed E-state index contributed by atoms with van der Waals surface area (Å²) in [6, 6.07) is 14.0. The molecular formula is C16H13Cl2N3O. The molecule has 0 aliphatic rings. The highest BCUT2D eigenvalue weighted by atomic mass is 35.5. The fourth-order valence-electron chi connectivity index (χ4n) is 1.82. The molecule has 112 valence electrons. The van der Waals surface area contributed by atoms with Crippen LogP contribution < -0.4 is 10.6 Å². The monoisotopic (exact) mass is 333 g/mol. The number of amides is 1. The minimum atomic E-state index is -0.136. The number of hydrogen-bond acceptors (Lipinski definition) is 3. The standard InChI is InChI=1S/C16H13Cl2N3O/c17-14-5-4-12(9-15(14)18)20-7-6-16(22)21-13-3-1-2-11(8-13)10-19/h1-5,8-9,20H,6-7H2,(H,21,22). The first-order valence-corrected chi connectivity index (χ1v) is 7.33. The third-order valence-corrected chi connectivity index (χ3v) is 3.62. The van der Waals surface area contributed by atoms with E-state index >= 15 is 0 Å². The summed E-state index contributed by atoms with van der Waals surface area (Å²) in [6.07, 6.45) is 0.289. The van der Waals surface area contributed by atoms with Crippen molar-refractivity contribution in [3.63, 3.8) is 0 Å². The van der Waals surface area contributed by atoms with Gasteiger partial charge < -0.3 is 10.6 Å². The van der Waals surface area contributed by atoms with Gasteiger partial charge in [0.1, 0.15) is 0 Å². The fourth-order valence-corrected chi connectivity index (χ4v) is 2.11. The Morgan fingerprint density at radius 1 is 1.09 bits per heavy atom. The minimum absolute atomic E-state index is 0.136. The molecule has 0 saturated heterocycles. The molecule has 2 N–H and O–H groups in total. The molecule has 0 spiro atoms. The van der Waals surface area contributed by atoms with Crippen molar-refractivity contribution in [1.82, 2.24) is 0 Å². The molecule has 0 unspecified atom stereocenters. The summed E-state index contributed by atoms with van der Waals surface area (Å²) in [5.41, 5.74) is 1.92. The predicted molar refractivity (Wildman–Crippen MR) is 89.4 cm³/mol. The van der Waals surface area contributed by atoms with Crippen LogP contribution in [-0.4, -0.2) is 12.5 Å². The zero-order chi connectivity index (χ0) is 15.9. The minimum Gasteiger partial charge on any atom is -0.384 e. The van der Waals surface area contributed by atoms with Gasteiger partial charge in [0.05, 0.1) is 21.7 Å². The van der Waals surface area contributed by atoms with Crippen molar-refractivity contribution in [3.8, 4) is 6.07 Å². The van der Waals surface area contributed by atoms with Gasteiger partial charge in [-0.25, -0.2) is 0 Å². The predicted octanol–water partition coefficient (Wildman–Crippen LogP) is 4.31. The third-order valence-electron chi connectivity index (χ3n) is 2.88. The van der Waals surface area contributed by atoms with Gasteiger partial charge >= 0.3 is 0 Å². The van der Waals surface area contributed by atoms with Crippen LogP contribution in [0, 0.1) is 11.3 Å². The maximum absolute atomic E-state index is 11.8. The van der Waals surface area contributed by atoms with Gasteiger partial charge in [-0.1, -0.05) is 29.3 Å². The molecule has 6 heteroatoms. The maximum Gasteiger partial charge on any atom is 0.226 e. The highest BCUT2D eigenvalue weighted by Gasteiger charge is 2.04. The maximum atomic E-state index is 11.8. The van der Waals surface area contributed by atoms with E-state index < -0.39 is 0 Å². The molecule has 0 fully saturated rings. The molecule has 1 amide bonds. The van der Waals surface area contributed by atoms with Crippen LogP contribution in [0.15, 0.2) is 42.5 Å². The van der Waals surface area contributed by atoms with Gasteiger partial charge in [0, 0.05) is 24.3 Å². The highest BCUT2D eigenvalue weighted by molar-refractivity contribution is 6.42. The summed E-state index contributed by atoms with van der Waals surface area (Å²) in [5, 5.41) is 15.6. The quantitative estimate of drug-likeness (QED) is 0.856. The van der Waals surface area contributed by atoms with Crippen molar-refractivity contribution in [1.29, 1.82) is 5.26 Å². The number of nitriles is 1. The molecule has 4 nitrogen and oxygen atoms in total. The molecule has 2 rings (SSSR count). The molecule has 2 aromatic carbocycles. The van der Waals surface area contributed by atoms with Crippen LogP contribution in [-0.2, 0) is 4.79 Å². The molecule has 0 heterocycles. The first-order valence-electron chi connectivity index (χ1n) is 6.57. The van der Waals surface area contributed by atoms with Gasteiger partial charge in [0.25, 0.3) is 0 Å². The lowest BCUT2D eigenvalue weighted by Gasteiger charge is -2.08. The average Bonchev–Trinajstić information content (AvgIpc) is 2.51. The molecule has 22 heavy (non-hydrogen) atoms. The number of halogens is 2. The molecule has 0 bridgehead atoms. The SMILES string of the molecule is N#Cc1cccc(NC(=O)CCNc2ccc(Cl)c(Cl)c2)c1. The van der Waals surface area contributed by atoms with Gasteiger partial charge in [-0.05, 0) is 36.4 Å². The summed E-state index contributed by atoms with van der Waals surface area (Å²) in [6.45, 7) is 0.460. The second-order valence-electron chi connectivity index (χ2n) is 4.55. The summed E-state index contributed by atoms with van der Waals surface area (Å²) >= 11 is 11.7. The Kier molecular flexibility index (Phi) is 5.65. The normalized spacial score (nSPS) is 9.86. The van der Waals surface area contributed by atoms with Gasteiger partial charge in [-0.2, -0.15) is 5.26 Å². The summed E-state index contributed by atoms with van der Waals surface area (Å²) in [7, 11) is 0. The van der Waals surface area contributed by atoms with Crippen molar-refractivity contribution in [2.24, 2.45) is 0 Å². The number of carbonyl (C=O) groups excluding carboxylic acids is 1. The van der Waals surface area contributed by atoms with Crippen molar-refractivity contribution in [2.75, 3.05) is 17.2 Å². The lowest BCUT2D eigenvalue weighted by atomic mass is 10.2. The van der Waals surface area contributed by atoms with Crippen molar-refractivity contribution >= 4 is 40.5 Å². The largest absolute Gasteiger partial charge is 0.384 e. The topological polar surface area (TPSA) is 64.9 Å². The van der Waals surface area contributed by atoms with E-state index in [4.69, 9.17) is 28.5 Å². The second kappa shape index (κ2) is 7.69. The van der Waals surface area contributed by atoms with Crippen LogP contribution in [0.2, 0.25) is 10.0 Å². The van der Waals surface area contributed by atoms with Gasteiger partial charge in [-0.15, -0.1) is 0 Å². The van der Waals surface area contributed by atoms with E-state index in [1.54, 1.807) is 42.5 Å². The number of anilines is 2. The van der Waals surface area contributed by atoms with E-state index in [-0.39, 0.29) is 12.3 Å². The first-order chi connectivity index (χ1) is 10.6. The summed E-state index contributed by atoms with van der Waals surface area (Å²) in [4.78, 5) is 11.8. The van der Waals surface area contributed by atoms with Crippen LogP contribution in [0.3, 0.4) is 0 Å². The zero-order valence-electron chi connectivity index (χ0n) is 11.6.